The molecule has 0 bridgehead atoms. The summed E-state index contributed by atoms with van der Waals surface area (Å²) < 4.78 is 0. The molecule has 1 fully saturated rings. The molecule has 0 amide bonds. The molecule has 1 heterocycles. The number of nitrogens with zero attached hydrogens (tertiary/aromatic N) is 1. The molecule has 1 atom stereocenters. The molecule has 0 spiro atoms. The van der Waals surface area contributed by atoms with E-state index in [1.165, 1.54) is 18.5 Å². The number of halogens is 1. The number of nitrogens with one attached hydrogen (secondary N) is 1. The van der Waals surface area contributed by atoms with Crippen molar-refractivity contribution >= 4 is 11.6 Å². The van der Waals surface area contributed by atoms with Gasteiger partial charge in [-0.15, -0.1) is 0 Å². The molecule has 1 aliphatic heterocycles. The number of hydrogen-bond acceptors (Lipinski definition) is 2. The van der Waals surface area contributed by atoms with Gasteiger partial charge in [-0.2, -0.15) is 0 Å². The zero-order valence-electron chi connectivity index (χ0n) is 9.75. The Morgan fingerprint density at radius 2 is 1.94 bits per heavy atom. The Labute approximate surface area is 103 Å². The largest absolute Gasteiger partial charge is 0.315 e. The fourth-order valence-corrected chi connectivity index (χ4v) is 2.33. The summed E-state index contributed by atoms with van der Waals surface area (Å²) in [4.78, 5) is 2.53. The van der Waals surface area contributed by atoms with Crippen LogP contribution >= 0.6 is 11.6 Å². The Balaban J connectivity index is 2.04. The summed E-state index contributed by atoms with van der Waals surface area (Å²) in [5.41, 5.74) is 1.35. The molecule has 88 valence electrons. The van der Waals surface area contributed by atoms with Gasteiger partial charge in [0, 0.05) is 24.2 Å². The van der Waals surface area contributed by atoms with Gasteiger partial charge in [0.25, 0.3) is 0 Å². The SMILES string of the molecule is CC(c1ccc(Cl)cc1)N1CCCNCC1. The van der Waals surface area contributed by atoms with Crippen LogP contribution < -0.4 is 5.32 Å². The second-order valence-electron chi connectivity index (χ2n) is 4.37. The summed E-state index contributed by atoms with van der Waals surface area (Å²) in [5.74, 6) is 0. The summed E-state index contributed by atoms with van der Waals surface area (Å²) in [6, 6.07) is 8.70. The minimum Gasteiger partial charge on any atom is -0.315 e. The van der Waals surface area contributed by atoms with Crippen molar-refractivity contribution < 1.29 is 0 Å². The second kappa shape index (κ2) is 5.67. The van der Waals surface area contributed by atoms with E-state index in [-0.39, 0.29) is 0 Å². The maximum Gasteiger partial charge on any atom is 0.0406 e. The zero-order chi connectivity index (χ0) is 11.4. The van der Waals surface area contributed by atoms with Crippen LogP contribution in [0.4, 0.5) is 0 Å². The Kier molecular flexibility index (Phi) is 4.22. The normalized spacial score (nSPS) is 20.4. The molecular formula is C13H19ClN2. The van der Waals surface area contributed by atoms with E-state index >= 15 is 0 Å². The summed E-state index contributed by atoms with van der Waals surface area (Å²) >= 11 is 5.90. The van der Waals surface area contributed by atoms with E-state index < -0.39 is 0 Å². The van der Waals surface area contributed by atoms with Gasteiger partial charge in [0.15, 0.2) is 0 Å². The molecule has 0 aliphatic carbocycles. The van der Waals surface area contributed by atoms with Crippen molar-refractivity contribution in [1.82, 2.24) is 10.2 Å². The summed E-state index contributed by atoms with van der Waals surface area (Å²) in [7, 11) is 0. The molecule has 16 heavy (non-hydrogen) atoms. The van der Waals surface area contributed by atoms with Crippen LogP contribution in [0.5, 0.6) is 0 Å². The minimum atomic E-state index is 0.483. The first-order valence-electron chi connectivity index (χ1n) is 5.97. The lowest BCUT2D eigenvalue weighted by atomic mass is 10.1. The third kappa shape index (κ3) is 2.97. The molecule has 3 heteroatoms. The highest BCUT2D eigenvalue weighted by Gasteiger charge is 2.16. The standard InChI is InChI=1S/C13H19ClN2/c1-11(12-3-5-13(14)6-4-12)16-9-2-7-15-8-10-16/h3-6,11,15H,2,7-10H2,1H3. The van der Waals surface area contributed by atoms with Crippen LogP contribution in [0.15, 0.2) is 24.3 Å². The van der Waals surface area contributed by atoms with Crippen molar-refractivity contribution in [2.75, 3.05) is 26.2 Å². The predicted molar refractivity (Wildman–Crippen MR) is 68.9 cm³/mol. The van der Waals surface area contributed by atoms with Gasteiger partial charge in [-0.25, -0.2) is 0 Å². The topological polar surface area (TPSA) is 15.3 Å². The molecule has 0 aromatic heterocycles. The summed E-state index contributed by atoms with van der Waals surface area (Å²) in [5, 5.41) is 4.24. The van der Waals surface area contributed by atoms with Gasteiger partial charge in [0.05, 0.1) is 0 Å². The van der Waals surface area contributed by atoms with Crippen LogP contribution in [-0.4, -0.2) is 31.1 Å². The fourth-order valence-electron chi connectivity index (χ4n) is 2.21. The molecule has 0 radical (unpaired) electrons. The number of rotatable bonds is 2. The molecule has 1 aromatic rings. The van der Waals surface area contributed by atoms with Crippen LogP contribution in [0.2, 0.25) is 5.02 Å². The molecular weight excluding hydrogens is 220 g/mol. The van der Waals surface area contributed by atoms with Crippen molar-refractivity contribution in [3.05, 3.63) is 34.9 Å². The molecule has 2 rings (SSSR count). The van der Waals surface area contributed by atoms with Crippen LogP contribution in [-0.2, 0) is 0 Å². The lowest BCUT2D eigenvalue weighted by Crippen LogP contribution is -2.30. The van der Waals surface area contributed by atoms with Gasteiger partial charge in [-0.05, 0) is 44.1 Å². The van der Waals surface area contributed by atoms with Crippen molar-refractivity contribution in [2.24, 2.45) is 0 Å². The lowest BCUT2D eigenvalue weighted by molar-refractivity contribution is 0.225. The highest BCUT2D eigenvalue weighted by molar-refractivity contribution is 6.30. The van der Waals surface area contributed by atoms with Crippen LogP contribution in [0.25, 0.3) is 0 Å². The van der Waals surface area contributed by atoms with Crippen molar-refractivity contribution in [3.63, 3.8) is 0 Å². The quantitative estimate of drug-likeness (QED) is 0.853. The van der Waals surface area contributed by atoms with Gasteiger partial charge < -0.3 is 5.32 Å². The predicted octanol–water partition coefficient (Wildman–Crippen LogP) is 2.70. The van der Waals surface area contributed by atoms with E-state index in [0.717, 1.165) is 24.7 Å². The fraction of sp³-hybridized carbons (Fsp3) is 0.538. The molecule has 1 unspecified atom stereocenters. The summed E-state index contributed by atoms with van der Waals surface area (Å²) in [6.45, 7) is 6.82. The van der Waals surface area contributed by atoms with Gasteiger partial charge in [-0.1, -0.05) is 23.7 Å². The molecule has 1 N–H and O–H groups in total. The van der Waals surface area contributed by atoms with Crippen LogP contribution in [0.3, 0.4) is 0 Å². The average Bonchev–Trinajstić information content (AvgIpc) is 2.57. The van der Waals surface area contributed by atoms with Gasteiger partial charge >= 0.3 is 0 Å². The van der Waals surface area contributed by atoms with Gasteiger partial charge in [-0.3, -0.25) is 4.90 Å². The maximum atomic E-state index is 5.90. The van der Waals surface area contributed by atoms with Crippen molar-refractivity contribution in [1.29, 1.82) is 0 Å². The molecule has 1 saturated heterocycles. The molecule has 2 nitrogen and oxygen atoms in total. The van der Waals surface area contributed by atoms with Gasteiger partial charge in [0.1, 0.15) is 0 Å². The molecule has 1 aromatic carbocycles. The maximum absolute atomic E-state index is 5.90. The van der Waals surface area contributed by atoms with Crippen molar-refractivity contribution in [2.45, 2.75) is 19.4 Å². The first kappa shape index (κ1) is 11.9. The summed E-state index contributed by atoms with van der Waals surface area (Å²) in [6.07, 6.45) is 1.23. The number of benzene rings is 1. The van der Waals surface area contributed by atoms with E-state index in [1.54, 1.807) is 0 Å². The first-order valence-corrected chi connectivity index (χ1v) is 6.35. The highest BCUT2D eigenvalue weighted by atomic mass is 35.5. The van der Waals surface area contributed by atoms with Crippen molar-refractivity contribution in [3.8, 4) is 0 Å². The van der Waals surface area contributed by atoms with E-state index in [0.29, 0.717) is 6.04 Å². The first-order chi connectivity index (χ1) is 7.77. The minimum absolute atomic E-state index is 0.483. The third-order valence-electron chi connectivity index (χ3n) is 3.27. The number of hydrogen-bond donors (Lipinski definition) is 1. The zero-order valence-corrected chi connectivity index (χ0v) is 10.5. The Morgan fingerprint density at radius 3 is 2.69 bits per heavy atom. The Morgan fingerprint density at radius 1 is 1.19 bits per heavy atom. The highest BCUT2D eigenvalue weighted by Crippen LogP contribution is 2.22. The van der Waals surface area contributed by atoms with E-state index in [1.807, 2.05) is 12.1 Å². The van der Waals surface area contributed by atoms with Crippen LogP contribution in [0.1, 0.15) is 24.9 Å². The van der Waals surface area contributed by atoms with Gasteiger partial charge in [0.2, 0.25) is 0 Å². The smallest absolute Gasteiger partial charge is 0.0406 e. The van der Waals surface area contributed by atoms with Crippen LogP contribution in [0, 0.1) is 0 Å². The van der Waals surface area contributed by atoms with E-state index in [4.69, 9.17) is 11.6 Å². The third-order valence-corrected chi connectivity index (χ3v) is 3.53. The monoisotopic (exact) mass is 238 g/mol. The Hall–Kier alpha value is -0.570. The van der Waals surface area contributed by atoms with E-state index in [9.17, 15) is 0 Å². The van der Waals surface area contributed by atoms with E-state index in [2.05, 4.69) is 29.3 Å². The lowest BCUT2D eigenvalue weighted by Gasteiger charge is -2.27. The Bertz CT molecular complexity index is 315. The average molecular weight is 239 g/mol. The second-order valence-corrected chi connectivity index (χ2v) is 4.80. The molecule has 0 saturated carbocycles. The molecule has 1 aliphatic rings.